The number of nitrogens with zero attached hydrogens (tertiary/aromatic N) is 2. The van der Waals surface area contributed by atoms with Gasteiger partial charge in [0.15, 0.2) is 23.0 Å². The molecular formula is C12H15N3O2. The van der Waals surface area contributed by atoms with Crippen LogP contribution in [-0.2, 0) is 0 Å². The van der Waals surface area contributed by atoms with E-state index in [-0.39, 0.29) is 0 Å². The maximum Gasteiger partial charge on any atom is 0.190 e. The second-order valence-electron chi connectivity index (χ2n) is 3.51. The lowest BCUT2D eigenvalue weighted by Gasteiger charge is -2.11. The monoisotopic (exact) mass is 233 g/mol. The fourth-order valence-corrected chi connectivity index (χ4v) is 1.53. The van der Waals surface area contributed by atoms with Crippen molar-refractivity contribution in [2.75, 3.05) is 19.0 Å². The van der Waals surface area contributed by atoms with Crippen molar-refractivity contribution in [3.05, 3.63) is 24.7 Å². The Kier molecular flexibility index (Phi) is 3.59. The lowest BCUT2D eigenvalue weighted by atomic mass is 10.3. The molecule has 0 atom stereocenters. The molecule has 0 bridgehead atoms. The zero-order valence-corrected chi connectivity index (χ0v) is 9.93. The maximum absolute atomic E-state index is 5.35. The molecule has 0 radical (unpaired) electrons. The van der Waals surface area contributed by atoms with Gasteiger partial charge in [-0.05, 0) is 18.6 Å². The summed E-state index contributed by atoms with van der Waals surface area (Å²) >= 11 is 0. The predicted molar refractivity (Wildman–Crippen MR) is 65.1 cm³/mol. The van der Waals surface area contributed by atoms with Crippen LogP contribution in [0.2, 0.25) is 0 Å². The Balaban J connectivity index is 2.39. The van der Waals surface area contributed by atoms with Crippen molar-refractivity contribution >= 4 is 5.82 Å². The number of nitrogens with one attached hydrogen (secondary N) is 1. The van der Waals surface area contributed by atoms with E-state index in [1.807, 2.05) is 12.1 Å². The highest BCUT2D eigenvalue weighted by Gasteiger charge is 2.15. The lowest BCUT2D eigenvalue weighted by Crippen LogP contribution is -2.05. The molecule has 0 spiro atoms. The molecule has 2 rings (SSSR count). The van der Waals surface area contributed by atoms with Crippen molar-refractivity contribution in [1.29, 1.82) is 0 Å². The van der Waals surface area contributed by atoms with Gasteiger partial charge in [0.1, 0.15) is 6.33 Å². The third-order valence-electron chi connectivity index (χ3n) is 2.30. The number of ether oxygens (including phenoxy) is 1. The Hall–Kier alpha value is -2.04. The number of hydrogen-bond acceptors (Lipinski definition) is 5. The quantitative estimate of drug-likeness (QED) is 0.860. The number of rotatable bonds is 5. The zero-order valence-electron chi connectivity index (χ0n) is 9.93. The molecule has 1 N–H and O–H groups in total. The van der Waals surface area contributed by atoms with E-state index in [1.54, 1.807) is 13.4 Å². The summed E-state index contributed by atoms with van der Waals surface area (Å²) in [6.45, 7) is 2.93. The first kappa shape index (κ1) is 11.4. The van der Waals surface area contributed by atoms with E-state index in [1.165, 1.54) is 6.33 Å². The van der Waals surface area contributed by atoms with Crippen LogP contribution in [-0.4, -0.2) is 23.6 Å². The summed E-state index contributed by atoms with van der Waals surface area (Å²) in [6, 6.07) is 3.66. The highest BCUT2D eigenvalue weighted by molar-refractivity contribution is 5.69. The molecule has 0 aliphatic carbocycles. The third-order valence-corrected chi connectivity index (χ3v) is 2.30. The van der Waals surface area contributed by atoms with E-state index in [0.29, 0.717) is 23.0 Å². The molecule has 0 aliphatic rings. The van der Waals surface area contributed by atoms with Gasteiger partial charge in [-0.25, -0.2) is 9.97 Å². The zero-order chi connectivity index (χ0) is 12.1. The van der Waals surface area contributed by atoms with Gasteiger partial charge in [-0.1, -0.05) is 6.92 Å². The number of hydrogen-bond donors (Lipinski definition) is 1. The third kappa shape index (κ3) is 2.38. The average molecular weight is 233 g/mol. The lowest BCUT2D eigenvalue weighted by molar-refractivity contribution is 0.412. The maximum atomic E-state index is 5.35. The van der Waals surface area contributed by atoms with Gasteiger partial charge in [-0.15, -0.1) is 0 Å². The molecule has 2 aromatic heterocycles. The number of aromatic nitrogens is 2. The van der Waals surface area contributed by atoms with Crippen LogP contribution in [0.3, 0.4) is 0 Å². The van der Waals surface area contributed by atoms with Crippen LogP contribution in [0.1, 0.15) is 13.3 Å². The minimum Gasteiger partial charge on any atom is -0.491 e. The van der Waals surface area contributed by atoms with Crippen molar-refractivity contribution in [3.63, 3.8) is 0 Å². The van der Waals surface area contributed by atoms with E-state index in [0.717, 1.165) is 13.0 Å². The van der Waals surface area contributed by atoms with E-state index < -0.39 is 0 Å². The Bertz CT molecular complexity index is 469. The molecule has 5 heteroatoms. The van der Waals surface area contributed by atoms with Gasteiger partial charge in [0.2, 0.25) is 0 Å². The molecule has 0 saturated heterocycles. The fraction of sp³-hybridized carbons (Fsp3) is 0.333. The smallest absolute Gasteiger partial charge is 0.190 e. The van der Waals surface area contributed by atoms with Crippen LogP contribution >= 0.6 is 0 Å². The van der Waals surface area contributed by atoms with Crippen LogP contribution in [0, 0.1) is 0 Å². The summed E-state index contributed by atoms with van der Waals surface area (Å²) in [7, 11) is 1.60. The minimum absolute atomic E-state index is 0.607. The molecule has 0 fully saturated rings. The first-order valence-electron chi connectivity index (χ1n) is 5.53. The Morgan fingerprint density at radius 3 is 2.94 bits per heavy atom. The second-order valence-corrected chi connectivity index (χ2v) is 3.51. The van der Waals surface area contributed by atoms with Gasteiger partial charge >= 0.3 is 0 Å². The molecule has 90 valence electrons. The molecular weight excluding hydrogens is 218 g/mol. The number of anilines is 1. The number of furan rings is 1. The van der Waals surface area contributed by atoms with Gasteiger partial charge in [0.05, 0.1) is 13.4 Å². The minimum atomic E-state index is 0.607. The average Bonchev–Trinajstić information content (AvgIpc) is 2.89. The summed E-state index contributed by atoms with van der Waals surface area (Å²) < 4.78 is 10.7. The van der Waals surface area contributed by atoms with Crippen LogP contribution in [0.25, 0.3) is 11.5 Å². The molecule has 0 aliphatic heterocycles. The molecule has 0 amide bonds. The molecule has 0 aromatic carbocycles. The first-order valence-corrected chi connectivity index (χ1v) is 5.53. The molecule has 17 heavy (non-hydrogen) atoms. The van der Waals surface area contributed by atoms with Crippen molar-refractivity contribution in [2.24, 2.45) is 0 Å². The van der Waals surface area contributed by atoms with Crippen LogP contribution < -0.4 is 10.1 Å². The van der Waals surface area contributed by atoms with Crippen molar-refractivity contribution in [2.45, 2.75) is 13.3 Å². The second kappa shape index (κ2) is 5.34. The standard InChI is InChI=1S/C12H15N3O2/c1-3-6-13-12-11(16-2)10(14-8-15-12)9-5-4-7-17-9/h4-5,7-8H,3,6H2,1-2H3,(H,13,14,15). The predicted octanol–water partition coefficient (Wildman–Crippen LogP) is 2.57. The van der Waals surface area contributed by atoms with Gasteiger partial charge in [0, 0.05) is 6.54 Å². The molecule has 0 saturated carbocycles. The van der Waals surface area contributed by atoms with Crippen LogP contribution in [0.5, 0.6) is 5.75 Å². The summed E-state index contributed by atoms with van der Waals surface area (Å²) in [5, 5.41) is 3.20. The van der Waals surface area contributed by atoms with Gasteiger partial charge in [0.25, 0.3) is 0 Å². The molecule has 2 aromatic rings. The summed E-state index contributed by atoms with van der Waals surface area (Å²) in [5.41, 5.74) is 0.658. The summed E-state index contributed by atoms with van der Waals surface area (Å²) in [6.07, 6.45) is 4.12. The first-order chi connectivity index (χ1) is 8.36. The summed E-state index contributed by atoms with van der Waals surface area (Å²) in [4.78, 5) is 8.36. The van der Waals surface area contributed by atoms with Gasteiger partial charge in [-0.3, -0.25) is 0 Å². The van der Waals surface area contributed by atoms with E-state index in [4.69, 9.17) is 9.15 Å². The van der Waals surface area contributed by atoms with Crippen molar-refractivity contribution in [1.82, 2.24) is 9.97 Å². The SMILES string of the molecule is CCCNc1ncnc(-c2ccco2)c1OC. The Morgan fingerprint density at radius 2 is 2.29 bits per heavy atom. The highest BCUT2D eigenvalue weighted by atomic mass is 16.5. The normalized spacial score (nSPS) is 10.2. The van der Waals surface area contributed by atoms with Crippen LogP contribution in [0.4, 0.5) is 5.82 Å². The highest BCUT2D eigenvalue weighted by Crippen LogP contribution is 2.32. The summed E-state index contributed by atoms with van der Waals surface area (Å²) in [5.74, 6) is 1.97. The van der Waals surface area contributed by atoms with Crippen molar-refractivity contribution < 1.29 is 9.15 Å². The van der Waals surface area contributed by atoms with E-state index in [2.05, 4.69) is 22.2 Å². The van der Waals surface area contributed by atoms with Gasteiger partial charge < -0.3 is 14.5 Å². The fourth-order valence-electron chi connectivity index (χ4n) is 1.53. The van der Waals surface area contributed by atoms with Crippen molar-refractivity contribution in [3.8, 4) is 17.2 Å². The molecule has 5 nitrogen and oxygen atoms in total. The Morgan fingerprint density at radius 1 is 1.41 bits per heavy atom. The van der Waals surface area contributed by atoms with E-state index >= 15 is 0 Å². The van der Waals surface area contributed by atoms with E-state index in [9.17, 15) is 0 Å². The topological polar surface area (TPSA) is 60.2 Å². The molecule has 0 unspecified atom stereocenters. The van der Waals surface area contributed by atoms with Crippen LogP contribution in [0.15, 0.2) is 29.1 Å². The number of methoxy groups -OCH3 is 1. The van der Waals surface area contributed by atoms with Gasteiger partial charge in [-0.2, -0.15) is 0 Å². The Labute approximate surface area is 99.8 Å². The molecule has 2 heterocycles. The largest absolute Gasteiger partial charge is 0.491 e.